The number of hydrogen-bond acceptors (Lipinski definition) is 3. The fourth-order valence-corrected chi connectivity index (χ4v) is 3.91. The third-order valence-electron chi connectivity index (χ3n) is 4.72. The van der Waals surface area contributed by atoms with Gasteiger partial charge in [0, 0.05) is 36.3 Å². The summed E-state index contributed by atoms with van der Waals surface area (Å²) in [6.45, 7) is 2.22. The van der Waals surface area contributed by atoms with E-state index in [2.05, 4.69) is 14.9 Å². The molecule has 1 aromatic heterocycles. The molecule has 1 aliphatic rings. The highest BCUT2D eigenvalue weighted by Gasteiger charge is 2.16. The summed E-state index contributed by atoms with van der Waals surface area (Å²) in [6, 6.07) is 6.13. The molecule has 1 aromatic carbocycles. The van der Waals surface area contributed by atoms with E-state index in [-0.39, 0.29) is 0 Å². The first-order valence-electron chi connectivity index (χ1n) is 8.62. The van der Waals surface area contributed by atoms with Gasteiger partial charge in [0.15, 0.2) is 0 Å². The number of nitrogens with one attached hydrogen (secondary N) is 1. The fourth-order valence-electron chi connectivity index (χ4n) is 3.42. The number of hydrogen-bond donors (Lipinski definition) is 2. The first-order chi connectivity index (χ1) is 11.7. The van der Waals surface area contributed by atoms with E-state index in [4.69, 9.17) is 28.9 Å². The molecule has 1 heterocycles. The Kier molecular flexibility index (Phi) is 6.17. The van der Waals surface area contributed by atoms with Gasteiger partial charge < -0.3 is 15.6 Å². The van der Waals surface area contributed by atoms with E-state index in [1.807, 2.05) is 18.5 Å². The lowest BCUT2D eigenvalue weighted by molar-refractivity contribution is 0.367. The van der Waals surface area contributed by atoms with Crippen LogP contribution in [0.4, 0.5) is 0 Å². The summed E-state index contributed by atoms with van der Waals surface area (Å²) in [5.41, 5.74) is 8.70. The number of aromatic nitrogens is 2. The molecule has 4 nitrogen and oxygen atoms in total. The summed E-state index contributed by atoms with van der Waals surface area (Å²) in [5, 5.41) is 4.88. The van der Waals surface area contributed by atoms with E-state index in [9.17, 15) is 0 Å². The smallest absolute Gasteiger partial charge is 0.0956 e. The molecule has 0 bridgehead atoms. The summed E-state index contributed by atoms with van der Waals surface area (Å²) in [7, 11) is 0. The van der Waals surface area contributed by atoms with Gasteiger partial charge in [-0.1, -0.05) is 42.5 Å². The normalized spacial score (nSPS) is 15.8. The molecular formula is C18H24Cl2N4. The van der Waals surface area contributed by atoms with Crippen LogP contribution in [0.25, 0.3) is 11.3 Å². The van der Waals surface area contributed by atoms with Crippen molar-refractivity contribution < 1.29 is 0 Å². The molecule has 1 saturated carbocycles. The summed E-state index contributed by atoms with van der Waals surface area (Å²) < 4.78 is 2.12. The van der Waals surface area contributed by atoms with Crippen molar-refractivity contribution in [3.8, 4) is 11.3 Å². The minimum absolute atomic E-state index is 0.428. The Labute approximate surface area is 153 Å². The lowest BCUT2D eigenvalue weighted by Crippen LogP contribution is -2.33. The molecule has 24 heavy (non-hydrogen) atoms. The number of nitrogens with zero attached hydrogens (tertiary/aromatic N) is 2. The third-order valence-corrected chi connectivity index (χ3v) is 5.26. The number of nitrogens with two attached hydrogens (primary N) is 1. The molecule has 130 valence electrons. The SMILES string of the molecule is NCc1c(-c2ccc(Cl)cc2Cl)ncn1CCNC1CCCCC1. The molecule has 0 atom stereocenters. The van der Waals surface area contributed by atoms with Gasteiger partial charge in [-0.25, -0.2) is 4.98 Å². The monoisotopic (exact) mass is 366 g/mol. The average molecular weight is 367 g/mol. The van der Waals surface area contributed by atoms with Crippen LogP contribution in [0.3, 0.4) is 0 Å². The van der Waals surface area contributed by atoms with E-state index in [1.54, 1.807) is 6.07 Å². The molecule has 0 radical (unpaired) electrons. The van der Waals surface area contributed by atoms with Gasteiger partial charge in [0.05, 0.1) is 22.7 Å². The molecule has 6 heteroatoms. The van der Waals surface area contributed by atoms with Gasteiger partial charge in [0.1, 0.15) is 0 Å². The minimum atomic E-state index is 0.428. The van der Waals surface area contributed by atoms with Crippen LogP contribution in [0, 0.1) is 0 Å². The molecule has 3 rings (SSSR count). The van der Waals surface area contributed by atoms with Crippen LogP contribution in [0.15, 0.2) is 24.5 Å². The average Bonchev–Trinajstić information content (AvgIpc) is 2.98. The number of benzene rings is 1. The zero-order chi connectivity index (χ0) is 16.9. The van der Waals surface area contributed by atoms with Crippen molar-refractivity contribution in [3.05, 3.63) is 40.3 Å². The Bertz CT molecular complexity index is 678. The van der Waals surface area contributed by atoms with Crippen molar-refractivity contribution >= 4 is 23.2 Å². The fraction of sp³-hybridized carbons (Fsp3) is 0.500. The van der Waals surface area contributed by atoms with Gasteiger partial charge in [0.25, 0.3) is 0 Å². The van der Waals surface area contributed by atoms with Crippen LogP contribution in [0.2, 0.25) is 10.0 Å². The molecule has 1 aliphatic carbocycles. The van der Waals surface area contributed by atoms with Gasteiger partial charge in [-0.15, -0.1) is 0 Å². The van der Waals surface area contributed by atoms with Crippen LogP contribution in [0.5, 0.6) is 0 Å². The second kappa shape index (κ2) is 8.34. The Hall–Kier alpha value is -1.07. The maximum Gasteiger partial charge on any atom is 0.0956 e. The molecule has 0 amide bonds. The molecule has 0 spiro atoms. The van der Waals surface area contributed by atoms with Crippen LogP contribution in [-0.2, 0) is 13.1 Å². The quantitative estimate of drug-likeness (QED) is 0.803. The molecule has 2 aromatic rings. The Morgan fingerprint density at radius 2 is 2.00 bits per heavy atom. The number of imidazole rings is 1. The summed E-state index contributed by atoms with van der Waals surface area (Å²) >= 11 is 12.3. The minimum Gasteiger partial charge on any atom is -0.332 e. The first kappa shape index (κ1) is 17.7. The highest BCUT2D eigenvalue weighted by molar-refractivity contribution is 6.36. The Morgan fingerprint density at radius 1 is 1.21 bits per heavy atom. The lowest BCUT2D eigenvalue weighted by atomic mass is 9.95. The van der Waals surface area contributed by atoms with E-state index in [1.165, 1.54) is 32.1 Å². The number of rotatable bonds is 6. The first-order valence-corrected chi connectivity index (χ1v) is 9.37. The number of halogens is 2. The van der Waals surface area contributed by atoms with Gasteiger partial charge in [-0.3, -0.25) is 0 Å². The van der Waals surface area contributed by atoms with Crippen molar-refractivity contribution in [3.63, 3.8) is 0 Å². The zero-order valence-electron chi connectivity index (χ0n) is 13.8. The predicted octanol–water partition coefficient (Wildman–Crippen LogP) is 4.24. The molecule has 0 unspecified atom stereocenters. The van der Waals surface area contributed by atoms with Gasteiger partial charge in [-0.2, -0.15) is 0 Å². The topological polar surface area (TPSA) is 55.9 Å². The van der Waals surface area contributed by atoms with Crippen molar-refractivity contribution in [1.29, 1.82) is 0 Å². The van der Waals surface area contributed by atoms with Crippen molar-refractivity contribution in [2.24, 2.45) is 5.73 Å². The van der Waals surface area contributed by atoms with Gasteiger partial charge in [-0.05, 0) is 31.0 Å². The largest absolute Gasteiger partial charge is 0.332 e. The highest BCUT2D eigenvalue weighted by atomic mass is 35.5. The zero-order valence-corrected chi connectivity index (χ0v) is 15.3. The van der Waals surface area contributed by atoms with Gasteiger partial charge in [0.2, 0.25) is 0 Å². The second-order valence-corrected chi connectivity index (χ2v) is 7.19. The van der Waals surface area contributed by atoms with E-state index in [0.29, 0.717) is 22.6 Å². The molecular weight excluding hydrogens is 343 g/mol. The van der Waals surface area contributed by atoms with Crippen LogP contribution >= 0.6 is 23.2 Å². The van der Waals surface area contributed by atoms with E-state index >= 15 is 0 Å². The van der Waals surface area contributed by atoms with Gasteiger partial charge >= 0.3 is 0 Å². The second-order valence-electron chi connectivity index (χ2n) is 6.35. The lowest BCUT2D eigenvalue weighted by Gasteiger charge is -2.23. The van der Waals surface area contributed by atoms with Crippen LogP contribution in [-0.4, -0.2) is 22.1 Å². The Morgan fingerprint density at radius 3 is 2.71 bits per heavy atom. The Balaban J connectivity index is 1.69. The van der Waals surface area contributed by atoms with Crippen molar-refractivity contribution in [1.82, 2.24) is 14.9 Å². The third kappa shape index (κ3) is 4.12. The predicted molar refractivity (Wildman–Crippen MR) is 100 cm³/mol. The van der Waals surface area contributed by atoms with Crippen LogP contribution < -0.4 is 11.1 Å². The molecule has 3 N–H and O–H groups in total. The van der Waals surface area contributed by atoms with Crippen molar-refractivity contribution in [2.75, 3.05) is 6.54 Å². The molecule has 1 fully saturated rings. The molecule has 0 saturated heterocycles. The maximum absolute atomic E-state index is 6.32. The molecule has 0 aliphatic heterocycles. The summed E-state index contributed by atoms with van der Waals surface area (Å²) in [5.74, 6) is 0. The van der Waals surface area contributed by atoms with Crippen LogP contribution in [0.1, 0.15) is 37.8 Å². The maximum atomic E-state index is 6.32. The van der Waals surface area contributed by atoms with E-state index < -0.39 is 0 Å². The standard InChI is InChI=1S/C18H24Cl2N4/c19-13-6-7-15(16(20)10-13)18-17(11-21)24(12-23-18)9-8-22-14-4-2-1-3-5-14/h6-7,10,12,14,22H,1-5,8-9,11,21H2. The van der Waals surface area contributed by atoms with E-state index in [0.717, 1.165) is 30.0 Å². The summed E-state index contributed by atoms with van der Waals surface area (Å²) in [4.78, 5) is 4.54. The summed E-state index contributed by atoms with van der Waals surface area (Å²) in [6.07, 6.45) is 8.50. The highest BCUT2D eigenvalue weighted by Crippen LogP contribution is 2.31. The van der Waals surface area contributed by atoms with Crippen molar-refractivity contribution in [2.45, 2.75) is 51.2 Å².